The van der Waals surface area contributed by atoms with E-state index in [0.717, 1.165) is 128 Å². The zero-order valence-electron chi connectivity index (χ0n) is 42.5. The summed E-state index contributed by atoms with van der Waals surface area (Å²) in [6.45, 7) is 5.60. The van der Waals surface area contributed by atoms with Crippen LogP contribution in [0.1, 0.15) is 99.6 Å². The highest BCUT2D eigenvalue weighted by molar-refractivity contribution is 6.14. The first kappa shape index (κ1) is 49.4. The molecule has 0 aliphatic heterocycles. The van der Waals surface area contributed by atoms with E-state index in [4.69, 9.17) is 19.5 Å². The highest BCUT2D eigenvalue weighted by Crippen LogP contribution is 2.49. The van der Waals surface area contributed by atoms with E-state index in [1.807, 2.05) is 109 Å². The Bertz CT molecular complexity index is 3350. The third-order valence-electron chi connectivity index (χ3n) is 14.2. The number of aliphatic imine (C=N–C) groups is 2. The molecule has 0 amide bonds. The third-order valence-corrected chi connectivity index (χ3v) is 14.2. The van der Waals surface area contributed by atoms with Crippen molar-refractivity contribution >= 4 is 55.5 Å². The molecule has 0 saturated carbocycles. The van der Waals surface area contributed by atoms with Gasteiger partial charge in [-0.1, -0.05) is 222 Å². The molecule has 10 rings (SSSR count). The summed E-state index contributed by atoms with van der Waals surface area (Å²) in [6.07, 6.45) is 12.3. The molecule has 2 atom stereocenters. The van der Waals surface area contributed by atoms with Gasteiger partial charge in [0.2, 0.25) is 0 Å². The topological polar surface area (TPSA) is 83.6 Å². The Balaban J connectivity index is 1.11. The lowest BCUT2D eigenvalue weighted by atomic mass is 9.90. The summed E-state index contributed by atoms with van der Waals surface area (Å²) in [5.41, 5.74) is 6.18. The Morgan fingerprint density at radius 3 is 1.12 bits per heavy atom. The summed E-state index contributed by atoms with van der Waals surface area (Å²) < 4.78 is 13.2. The number of unbranched alkanes of at least 4 members (excludes halogenated alkanes) is 6. The minimum atomic E-state index is -0.545. The van der Waals surface area contributed by atoms with E-state index < -0.39 is 12.1 Å². The molecule has 0 aliphatic carbocycles. The Labute approximate surface area is 435 Å². The van der Waals surface area contributed by atoms with Gasteiger partial charge in [-0.2, -0.15) is 0 Å². The maximum atomic E-state index is 12.7. The SMILES string of the molecule is CCCCCCOc1ccc2ccccc2c1-c1c(O)c(C=N[C@@H](c2ccccc2)[C@@H](N=Cc2cc3ccccc3c(-c3c(OCCCCCC)ccc4ccccc34)c2O)c2ccccc2)cc2ccccc12. The predicted octanol–water partition coefficient (Wildman–Crippen LogP) is 18.0. The van der Waals surface area contributed by atoms with Gasteiger partial charge in [0.05, 0.1) is 13.2 Å². The second kappa shape index (κ2) is 23.6. The highest BCUT2D eigenvalue weighted by Gasteiger charge is 2.26. The molecular formula is C68H64N2O4. The Kier molecular flexibility index (Phi) is 15.7. The van der Waals surface area contributed by atoms with Crippen LogP contribution in [0.15, 0.2) is 204 Å². The van der Waals surface area contributed by atoms with Crippen molar-refractivity contribution in [3.8, 4) is 45.3 Å². The van der Waals surface area contributed by atoms with E-state index in [2.05, 4.69) is 98.8 Å². The molecule has 0 unspecified atom stereocenters. The van der Waals surface area contributed by atoms with Gasteiger partial charge in [-0.05, 0) is 91.3 Å². The maximum absolute atomic E-state index is 12.7. The van der Waals surface area contributed by atoms with Crippen LogP contribution in [0.2, 0.25) is 0 Å². The van der Waals surface area contributed by atoms with Crippen LogP contribution < -0.4 is 9.47 Å². The molecule has 74 heavy (non-hydrogen) atoms. The highest BCUT2D eigenvalue weighted by atomic mass is 16.5. The van der Waals surface area contributed by atoms with Gasteiger partial charge in [-0.25, -0.2) is 0 Å². The fourth-order valence-electron chi connectivity index (χ4n) is 10.4. The van der Waals surface area contributed by atoms with Gasteiger partial charge >= 0.3 is 0 Å². The van der Waals surface area contributed by atoms with Crippen LogP contribution in [0.3, 0.4) is 0 Å². The van der Waals surface area contributed by atoms with E-state index in [1.54, 1.807) is 12.4 Å². The van der Waals surface area contributed by atoms with Crippen molar-refractivity contribution in [2.45, 2.75) is 77.3 Å². The van der Waals surface area contributed by atoms with E-state index >= 15 is 0 Å². The Morgan fingerprint density at radius 2 is 0.730 bits per heavy atom. The number of ether oxygens (including phenoxy) is 2. The molecule has 0 aromatic heterocycles. The molecule has 10 aromatic carbocycles. The molecule has 0 saturated heterocycles. The minimum absolute atomic E-state index is 0.123. The molecule has 0 spiro atoms. The standard InChI is InChI=1S/C68H64N2O4/c1-3-5-7-23-41-73-59-39-37-47-25-15-19-33-55(47)61(59)63-57-35-21-17-31-51(57)43-53(67(63)71)45-69-65(49-27-11-9-12-28-49)66(50-29-13-10-14-30-50)70-46-54-44-52-32-18-22-36-58(52)64(68(54)72)62-56-34-20-16-26-48(56)38-40-60(62)74-42-24-8-6-4-2/h9-22,25-40,43-46,65-66,71-72H,3-8,23-24,41-42H2,1-2H3/t65-,66-/m0/s1. The number of aromatic hydroxyl groups is 2. The summed E-state index contributed by atoms with van der Waals surface area (Å²) in [5.74, 6) is 1.72. The van der Waals surface area contributed by atoms with Crippen molar-refractivity contribution in [1.82, 2.24) is 0 Å². The number of nitrogens with zero attached hydrogens (tertiary/aromatic N) is 2. The second-order valence-corrected chi connectivity index (χ2v) is 19.2. The molecule has 0 heterocycles. The zero-order chi connectivity index (χ0) is 50.6. The van der Waals surface area contributed by atoms with Crippen molar-refractivity contribution < 1.29 is 19.7 Å². The molecule has 0 fully saturated rings. The van der Waals surface area contributed by atoms with E-state index in [-0.39, 0.29) is 11.5 Å². The molecule has 2 N–H and O–H groups in total. The minimum Gasteiger partial charge on any atom is -0.507 e. The van der Waals surface area contributed by atoms with Crippen molar-refractivity contribution in [2.75, 3.05) is 13.2 Å². The van der Waals surface area contributed by atoms with Crippen LogP contribution in [-0.2, 0) is 0 Å². The van der Waals surface area contributed by atoms with Crippen LogP contribution in [0.4, 0.5) is 0 Å². The van der Waals surface area contributed by atoms with Crippen molar-refractivity contribution in [3.05, 3.63) is 216 Å². The normalized spacial score (nSPS) is 12.6. The monoisotopic (exact) mass is 972 g/mol. The molecule has 0 bridgehead atoms. The van der Waals surface area contributed by atoms with E-state index in [0.29, 0.717) is 35.5 Å². The van der Waals surface area contributed by atoms with Gasteiger partial charge in [0.15, 0.2) is 0 Å². The van der Waals surface area contributed by atoms with Crippen LogP contribution in [0.5, 0.6) is 23.0 Å². The number of phenolic OH excluding ortho intramolecular Hbond substituents is 2. The average Bonchev–Trinajstić information content (AvgIpc) is 3.46. The summed E-state index contributed by atoms with van der Waals surface area (Å²) in [7, 11) is 0. The van der Waals surface area contributed by atoms with Crippen LogP contribution in [0, 0.1) is 0 Å². The van der Waals surface area contributed by atoms with Gasteiger partial charge in [0, 0.05) is 45.8 Å². The van der Waals surface area contributed by atoms with Crippen molar-refractivity contribution in [1.29, 1.82) is 0 Å². The third kappa shape index (κ3) is 10.6. The summed E-state index contributed by atoms with van der Waals surface area (Å²) in [6, 6.07) is 64.6. The first-order valence-corrected chi connectivity index (χ1v) is 26.5. The van der Waals surface area contributed by atoms with Gasteiger partial charge in [-0.3, -0.25) is 9.98 Å². The lowest BCUT2D eigenvalue weighted by molar-refractivity contribution is 0.306. The quantitative estimate of drug-likeness (QED) is 0.0555. The number of fused-ring (bicyclic) bond motifs is 4. The van der Waals surface area contributed by atoms with Gasteiger partial charge in [-0.15, -0.1) is 0 Å². The van der Waals surface area contributed by atoms with Crippen molar-refractivity contribution in [2.24, 2.45) is 9.98 Å². The lowest BCUT2D eigenvalue weighted by Crippen LogP contribution is -2.09. The largest absolute Gasteiger partial charge is 0.507 e. The molecule has 10 aromatic rings. The molecule has 6 nitrogen and oxygen atoms in total. The van der Waals surface area contributed by atoms with E-state index in [1.165, 1.54) is 0 Å². The molecule has 0 aliphatic rings. The Morgan fingerprint density at radius 1 is 0.378 bits per heavy atom. The van der Waals surface area contributed by atoms with Gasteiger partial charge in [0.25, 0.3) is 0 Å². The first-order chi connectivity index (χ1) is 36.5. The number of phenols is 2. The average molecular weight is 973 g/mol. The van der Waals surface area contributed by atoms with Gasteiger partial charge < -0.3 is 19.7 Å². The van der Waals surface area contributed by atoms with Crippen LogP contribution in [0.25, 0.3) is 65.3 Å². The van der Waals surface area contributed by atoms with Crippen LogP contribution >= 0.6 is 0 Å². The maximum Gasteiger partial charge on any atom is 0.132 e. The number of hydrogen-bond donors (Lipinski definition) is 2. The van der Waals surface area contributed by atoms with Crippen LogP contribution in [-0.4, -0.2) is 35.9 Å². The smallest absolute Gasteiger partial charge is 0.132 e. The number of rotatable bonds is 21. The van der Waals surface area contributed by atoms with Gasteiger partial charge in [0.1, 0.15) is 35.1 Å². The summed E-state index contributed by atoms with van der Waals surface area (Å²) in [5, 5.41) is 33.4. The number of hydrogen-bond acceptors (Lipinski definition) is 6. The van der Waals surface area contributed by atoms with Crippen molar-refractivity contribution in [3.63, 3.8) is 0 Å². The fourth-order valence-corrected chi connectivity index (χ4v) is 10.4. The fraction of sp³-hybridized carbons (Fsp3) is 0.206. The summed E-state index contributed by atoms with van der Waals surface area (Å²) >= 11 is 0. The predicted molar refractivity (Wildman–Crippen MR) is 310 cm³/mol. The first-order valence-electron chi connectivity index (χ1n) is 26.5. The molecule has 0 radical (unpaired) electrons. The second-order valence-electron chi connectivity index (χ2n) is 19.2. The Hall–Kier alpha value is -8.22. The molecular weight excluding hydrogens is 909 g/mol. The summed E-state index contributed by atoms with van der Waals surface area (Å²) in [4.78, 5) is 10.9. The molecule has 370 valence electrons. The zero-order valence-corrected chi connectivity index (χ0v) is 42.5. The van der Waals surface area contributed by atoms with E-state index in [9.17, 15) is 10.2 Å². The number of benzene rings is 10. The lowest BCUT2D eigenvalue weighted by Gasteiger charge is -2.23. The molecule has 6 heteroatoms.